The predicted octanol–water partition coefficient (Wildman–Crippen LogP) is 2.00. The van der Waals surface area contributed by atoms with Gasteiger partial charge in [-0.25, -0.2) is 9.78 Å². The van der Waals surface area contributed by atoms with Crippen molar-refractivity contribution in [2.45, 2.75) is 32.5 Å². The maximum Gasteiger partial charge on any atom is 0.412 e. The van der Waals surface area contributed by atoms with Crippen molar-refractivity contribution < 1.29 is 28.9 Å². The Morgan fingerprint density at radius 2 is 1.94 bits per heavy atom. The van der Waals surface area contributed by atoms with E-state index in [4.69, 9.17) is 19.9 Å². The minimum Gasteiger partial charge on any atom is -0.492 e. The van der Waals surface area contributed by atoms with Gasteiger partial charge in [0, 0.05) is 18.7 Å². The van der Waals surface area contributed by atoms with Crippen LogP contribution in [-0.4, -0.2) is 60.1 Å². The summed E-state index contributed by atoms with van der Waals surface area (Å²) in [5, 5.41) is 16.4. The second kappa shape index (κ2) is 11.5. The molecule has 31 heavy (non-hydrogen) atoms. The fraction of sp³-hybridized carbons (Fsp3) is 0.450. The number of anilines is 1. The van der Waals surface area contributed by atoms with E-state index in [0.29, 0.717) is 41.2 Å². The molecule has 0 spiro atoms. The van der Waals surface area contributed by atoms with Crippen molar-refractivity contribution in [2.75, 3.05) is 31.6 Å². The highest BCUT2D eigenvalue weighted by Crippen LogP contribution is 2.25. The number of ether oxygens (including phenoxy) is 3. The van der Waals surface area contributed by atoms with Gasteiger partial charge in [-0.05, 0) is 45.0 Å². The third-order valence-corrected chi connectivity index (χ3v) is 4.40. The van der Waals surface area contributed by atoms with Gasteiger partial charge in [-0.15, -0.1) is 0 Å². The Hall–Kier alpha value is -2.89. The fourth-order valence-electron chi connectivity index (χ4n) is 2.24. The van der Waals surface area contributed by atoms with Crippen molar-refractivity contribution in [3.63, 3.8) is 0 Å². The van der Waals surface area contributed by atoms with E-state index in [1.807, 2.05) is 0 Å². The number of nitrogens with zero attached hydrogens (tertiary/aromatic N) is 1. The Labute approximate surface area is 184 Å². The molecule has 0 fully saturated rings. The van der Waals surface area contributed by atoms with Crippen LogP contribution in [0, 0.1) is 0 Å². The molecule has 2 amide bonds. The van der Waals surface area contributed by atoms with Gasteiger partial charge in [0.2, 0.25) is 5.91 Å². The average Bonchev–Trinajstić information content (AvgIpc) is 3.12. The maximum atomic E-state index is 11.7. The molecule has 5 N–H and O–H groups in total. The quantitative estimate of drug-likeness (QED) is 0.379. The van der Waals surface area contributed by atoms with E-state index in [9.17, 15) is 14.7 Å². The van der Waals surface area contributed by atoms with E-state index >= 15 is 0 Å². The number of carbonyl (C=O) groups excluding carboxylic acids is 2. The van der Waals surface area contributed by atoms with Crippen molar-refractivity contribution in [3.05, 3.63) is 36.0 Å². The zero-order chi connectivity index (χ0) is 22.9. The molecule has 1 aromatic carbocycles. The molecule has 1 aromatic heterocycles. The number of hydrogen-bond acceptors (Lipinski definition) is 9. The first-order valence-electron chi connectivity index (χ1n) is 9.62. The molecule has 0 bridgehead atoms. The molecule has 0 aliphatic rings. The van der Waals surface area contributed by atoms with Gasteiger partial charge in [0.15, 0.2) is 0 Å². The van der Waals surface area contributed by atoms with Crippen LogP contribution in [-0.2, 0) is 4.74 Å². The molecular formula is C20H28N4O6S. The first-order chi connectivity index (χ1) is 14.6. The Kier molecular flexibility index (Phi) is 9.03. The van der Waals surface area contributed by atoms with Gasteiger partial charge in [0.1, 0.15) is 35.7 Å². The number of rotatable bonds is 11. The van der Waals surface area contributed by atoms with Crippen LogP contribution in [0.15, 0.2) is 30.5 Å². The lowest BCUT2D eigenvalue weighted by atomic mass is 10.2. The molecule has 0 radical (unpaired) electrons. The molecule has 1 unspecified atom stereocenters. The SMILES string of the molecule is CC(C)(C)OC(=O)Nc1cnc(OCC(O)CNCCOc2ccc(C(N)=O)cc2)s1. The molecule has 2 rings (SSSR count). The molecule has 10 nitrogen and oxygen atoms in total. The third-order valence-electron chi connectivity index (χ3n) is 3.57. The predicted molar refractivity (Wildman–Crippen MR) is 117 cm³/mol. The number of carbonyl (C=O) groups is 2. The van der Waals surface area contributed by atoms with Gasteiger partial charge in [-0.3, -0.25) is 10.1 Å². The maximum absolute atomic E-state index is 11.7. The van der Waals surface area contributed by atoms with E-state index in [-0.39, 0.29) is 6.61 Å². The number of thiazole rings is 1. The van der Waals surface area contributed by atoms with Gasteiger partial charge < -0.3 is 30.4 Å². The van der Waals surface area contributed by atoms with Crippen LogP contribution < -0.4 is 25.8 Å². The zero-order valence-electron chi connectivity index (χ0n) is 17.7. The number of aliphatic hydroxyl groups is 1. The summed E-state index contributed by atoms with van der Waals surface area (Å²) in [5.74, 6) is 0.132. The topological polar surface area (TPSA) is 145 Å². The van der Waals surface area contributed by atoms with Crippen LogP contribution in [0.2, 0.25) is 0 Å². The van der Waals surface area contributed by atoms with Crippen LogP contribution in [0.4, 0.5) is 9.80 Å². The molecular weight excluding hydrogens is 424 g/mol. The Balaban J connectivity index is 1.59. The van der Waals surface area contributed by atoms with Gasteiger partial charge in [0.05, 0.1) is 6.20 Å². The van der Waals surface area contributed by atoms with Crippen LogP contribution in [0.5, 0.6) is 10.9 Å². The molecule has 0 saturated heterocycles. The van der Waals surface area contributed by atoms with Crippen LogP contribution in [0.1, 0.15) is 31.1 Å². The van der Waals surface area contributed by atoms with E-state index < -0.39 is 23.7 Å². The van der Waals surface area contributed by atoms with Crippen molar-refractivity contribution in [1.82, 2.24) is 10.3 Å². The first kappa shape index (κ1) is 24.4. The number of amides is 2. The second-order valence-corrected chi connectivity index (χ2v) is 8.52. The lowest BCUT2D eigenvalue weighted by molar-refractivity contribution is 0.0636. The van der Waals surface area contributed by atoms with E-state index in [1.165, 1.54) is 6.20 Å². The van der Waals surface area contributed by atoms with Crippen LogP contribution >= 0.6 is 11.3 Å². The molecule has 1 heterocycles. The highest BCUT2D eigenvalue weighted by atomic mass is 32.1. The summed E-state index contributed by atoms with van der Waals surface area (Å²) in [5.41, 5.74) is 5.01. The van der Waals surface area contributed by atoms with Crippen molar-refractivity contribution in [2.24, 2.45) is 5.73 Å². The molecule has 0 aliphatic carbocycles. The lowest BCUT2D eigenvalue weighted by Crippen LogP contribution is -2.33. The molecule has 170 valence electrons. The first-order valence-corrected chi connectivity index (χ1v) is 10.4. The number of benzene rings is 1. The normalized spacial score (nSPS) is 12.1. The monoisotopic (exact) mass is 452 g/mol. The minimum absolute atomic E-state index is 0.0435. The van der Waals surface area contributed by atoms with Crippen molar-refractivity contribution >= 4 is 28.3 Å². The Morgan fingerprint density at radius 1 is 1.23 bits per heavy atom. The summed E-state index contributed by atoms with van der Waals surface area (Å²) < 4.78 is 16.1. The van der Waals surface area contributed by atoms with Gasteiger partial charge in [0.25, 0.3) is 5.19 Å². The third kappa shape index (κ3) is 9.64. The molecule has 11 heteroatoms. The van der Waals surface area contributed by atoms with Crippen molar-refractivity contribution in [3.8, 4) is 10.9 Å². The molecule has 2 aromatic rings. The van der Waals surface area contributed by atoms with Crippen LogP contribution in [0.3, 0.4) is 0 Å². The number of aliphatic hydroxyl groups excluding tert-OH is 1. The van der Waals surface area contributed by atoms with Crippen molar-refractivity contribution in [1.29, 1.82) is 0 Å². The zero-order valence-corrected chi connectivity index (χ0v) is 18.5. The standard InChI is InChI=1S/C20H28N4O6S/c1-20(2,3)30-18(27)24-16-11-23-19(31-16)29-12-14(25)10-22-8-9-28-15-6-4-13(5-7-15)17(21)26/h4-7,11,14,22,25H,8-10,12H2,1-3H3,(H2,21,26)(H,24,27). The smallest absolute Gasteiger partial charge is 0.412 e. The average molecular weight is 453 g/mol. The summed E-state index contributed by atoms with van der Waals surface area (Å²) >= 11 is 1.14. The van der Waals surface area contributed by atoms with Crippen LogP contribution in [0.25, 0.3) is 0 Å². The summed E-state index contributed by atoms with van der Waals surface area (Å²) in [4.78, 5) is 26.8. The van der Waals surface area contributed by atoms with Gasteiger partial charge >= 0.3 is 6.09 Å². The lowest BCUT2D eigenvalue weighted by Gasteiger charge is -2.19. The van der Waals surface area contributed by atoms with E-state index in [1.54, 1.807) is 45.0 Å². The van der Waals surface area contributed by atoms with E-state index in [0.717, 1.165) is 11.3 Å². The fourth-order valence-corrected chi connectivity index (χ4v) is 2.90. The second-order valence-electron chi connectivity index (χ2n) is 7.52. The minimum atomic E-state index is -0.749. The van der Waals surface area contributed by atoms with Gasteiger partial charge in [-0.2, -0.15) is 0 Å². The summed E-state index contributed by atoms with van der Waals surface area (Å²) in [7, 11) is 0. The highest BCUT2D eigenvalue weighted by Gasteiger charge is 2.17. The summed E-state index contributed by atoms with van der Waals surface area (Å²) in [6.07, 6.45) is 0.140. The number of primary amides is 1. The number of nitrogens with one attached hydrogen (secondary N) is 2. The Morgan fingerprint density at radius 3 is 2.58 bits per heavy atom. The van der Waals surface area contributed by atoms with Gasteiger partial charge in [-0.1, -0.05) is 11.3 Å². The number of aromatic nitrogens is 1. The molecule has 0 aliphatic heterocycles. The summed E-state index contributed by atoms with van der Waals surface area (Å²) in [6, 6.07) is 6.53. The number of hydrogen-bond donors (Lipinski definition) is 4. The molecule has 0 saturated carbocycles. The number of nitrogens with two attached hydrogens (primary N) is 1. The molecule has 1 atom stereocenters. The summed E-state index contributed by atoms with van der Waals surface area (Å²) in [6.45, 7) is 6.57. The Bertz CT molecular complexity index is 850. The highest BCUT2D eigenvalue weighted by molar-refractivity contribution is 7.17. The van der Waals surface area contributed by atoms with E-state index in [2.05, 4.69) is 15.6 Å². The largest absolute Gasteiger partial charge is 0.492 e.